The lowest BCUT2D eigenvalue weighted by Gasteiger charge is -2.26. The summed E-state index contributed by atoms with van der Waals surface area (Å²) in [5.74, 6) is 0. The van der Waals surface area contributed by atoms with Crippen molar-refractivity contribution in [3.05, 3.63) is 23.9 Å². The molecule has 1 rings (SSSR count). The minimum atomic E-state index is 0.175. The first-order valence-corrected chi connectivity index (χ1v) is 4.16. The van der Waals surface area contributed by atoms with E-state index in [0.29, 0.717) is 0 Å². The number of hydrogen-bond acceptors (Lipinski definition) is 2. The molecular formula is C10H16N2. The van der Waals surface area contributed by atoms with Crippen molar-refractivity contribution in [1.82, 2.24) is 5.32 Å². The van der Waals surface area contributed by atoms with Gasteiger partial charge >= 0.3 is 0 Å². The summed E-state index contributed by atoms with van der Waals surface area (Å²) in [4.78, 5) is 4.18. The molecule has 0 aromatic carbocycles. The molecule has 0 aromatic heterocycles. The largest absolute Gasteiger partial charge is 0.347 e. The van der Waals surface area contributed by atoms with Crippen LogP contribution in [0.1, 0.15) is 20.8 Å². The van der Waals surface area contributed by atoms with E-state index < -0.39 is 0 Å². The summed E-state index contributed by atoms with van der Waals surface area (Å²) in [6.07, 6.45) is 3.58. The van der Waals surface area contributed by atoms with Gasteiger partial charge in [0.1, 0.15) is 0 Å². The van der Waals surface area contributed by atoms with Gasteiger partial charge in [0.15, 0.2) is 0 Å². The molecule has 2 nitrogen and oxygen atoms in total. The fourth-order valence-corrected chi connectivity index (χ4v) is 1.25. The highest BCUT2D eigenvalue weighted by Gasteiger charge is 2.20. The highest BCUT2D eigenvalue weighted by molar-refractivity contribution is 5.62. The predicted molar refractivity (Wildman–Crippen MR) is 53.2 cm³/mol. The zero-order valence-electron chi connectivity index (χ0n) is 8.02. The van der Waals surface area contributed by atoms with E-state index in [9.17, 15) is 0 Å². The number of nitrogens with zero attached hydrogens (tertiary/aromatic N) is 1. The number of nitrogens with one attached hydrogen (secondary N) is 1. The lowest BCUT2D eigenvalue weighted by molar-refractivity contribution is 0.487. The first-order valence-electron chi connectivity index (χ1n) is 4.16. The van der Waals surface area contributed by atoms with Crippen LogP contribution in [-0.2, 0) is 0 Å². The van der Waals surface area contributed by atoms with Gasteiger partial charge in [0.05, 0.1) is 12.9 Å². The predicted octanol–water partition coefficient (Wildman–Crippen LogP) is 2.10. The first-order chi connectivity index (χ1) is 5.55. The molecule has 0 amide bonds. The van der Waals surface area contributed by atoms with Gasteiger partial charge in [-0.2, -0.15) is 0 Å². The van der Waals surface area contributed by atoms with Crippen LogP contribution in [0.15, 0.2) is 28.9 Å². The smallest absolute Gasteiger partial charge is 0.0871 e. The molecule has 0 fully saturated rings. The minimum Gasteiger partial charge on any atom is -0.347 e. The summed E-state index contributed by atoms with van der Waals surface area (Å²) >= 11 is 0. The molecule has 0 atom stereocenters. The molecular weight excluding hydrogens is 148 g/mol. The lowest BCUT2D eigenvalue weighted by Crippen LogP contribution is -2.24. The Labute approximate surface area is 74.1 Å². The van der Waals surface area contributed by atoms with Crippen LogP contribution < -0.4 is 5.32 Å². The summed E-state index contributed by atoms with van der Waals surface area (Å²) in [5, 5.41) is 3.10. The second kappa shape index (κ2) is 3.13. The molecule has 1 N–H and O–H groups in total. The Morgan fingerprint density at radius 2 is 2.25 bits per heavy atom. The van der Waals surface area contributed by atoms with Gasteiger partial charge in [0.25, 0.3) is 0 Å². The molecule has 1 aliphatic rings. The Kier molecular flexibility index (Phi) is 2.36. The standard InChI is InChI=1S/C10H16N2/c1-5-9-8(10(2,3)4)6-11-7-12-9/h5,7H,1,6H2,2-4H3,(H,11,12). The fraction of sp³-hybridized carbons (Fsp3) is 0.500. The maximum absolute atomic E-state index is 4.18. The third-order valence-corrected chi connectivity index (χ3v) is 2.00. The van der Waals surface area contributed by atoms with Crippen molar-refractivity contribution in [2.75, 3.05) is 6.54 Å². The maximum atomic E-state index is 4.18. The number of rotatable bonds is 1. The van der Waals surface area contributed by atoms with Crippen molar-refractivity contribution in [3.8, 4) is 0 Å². The van der Waals surface area contributed by atoms with Gasteiger partial charge in [-0.3, -0.25) is 4.99 Å². The van der Waals surface area contributed by atoms with Gasteiger partial charge in [-0.1, -0.05) is 27.4 Å². The lowest BCUT2D eigenvalue weighted by atomic mass is 9.84. The summed E-state index contributed by atoms with van der Waals surface area (Å²) < 4.78 is 0. The number of aliphatic imine (C=N–C) groups is 1. The topological polar surface area (TPSA) is 24.4 Å². The third kappa shape index (κ3) is 1.76. The molecule has 0 saturated heterocycles. The SMILES string of the molecule is C=CC1=C(C(C)(C)C)CN=CN1. The average Bonchev–Trinajstić information content (AvgIpc) is 2.03. The van der Waals surface area contributed by atoms with E-state index in [2.05, 4.69) is 37.7 Å². The number of hydrogen-bond donors (Lipinski definition) is 1. The summed E-state index contributed by atoms with van der Waals surface area (Å²) in [6.45, 7) is 11.1. The fourth-order valence-electron chi connectivity index (χ4n) is 1.25. The van der Waals surface area contributed by atoms with Crippen LogP contribution in [0.3, 0.4) is 0 Å². The van der Waals surface area contributed by atoms with E-state index in [-0.39, 0.29) is 5.41 Å². The van der Waals surface area contributed by atoms with Crippen molar-refractivity contribution in [3.63, 3.8) is 0 Å². The van der Waals surface area contributed by atoms with Gasteiger partial charge in [0, 0.05) is 5.70 Å². The van der Waals surface area contributed by atoms with Crippen LogP contribution in [0.25, 0.3) is 0 Å². The molecule has 1 aliphatic heterocycles. The molecule has 0 aromatic rings. The molecule has 0 radical (unpaired) electrons. The first kappa shape index (κ1) is 9.04. The van der Waals surface area contributed by atoms with Crippen LogP contribution in [-0.4, -0.2) is 12.9 Å². The Morgan fingerprint density at radius 3 is 2.67 bits per heavy atom. The minimum absolute atomic E-state index is 0.175. The van der Waals surface area contributed by atoms with Gasteiger partial charge in [-0.25, -0.2) is 0 Å². The molecule has 0 aliphatic carbocycles. The highest BCUT2D eigenvalue weighted by Crippen LogP contribution is 2.28. The van der Waals surface area contributed by atoms with Crippen molar-refractivity contribution < 1.29 is 0 Å². The van der Waals surface area contributed by atoms with E-state index in [4.69, 9.17) is 0 Å². The Morgan fingerprint density at radius 1 is 1.58 bits per heavy atom. The van der Waals surface area contributed by atoms with Crippen LogP contribution in [0.5, 0.6) is 0 Å². The zero-order chi connectivity index (χ0) is 9.19. The van der Waals surface area contributed by atoms with E-state index in [1.165, 1.54) is 5.57 Å². The third-order valence-electron chi connectivity index (χ3n) is 2.00. The van der Waals surface area contributed by atoms with Crippen molar-refractivity contribution >= 4 is 6.34 Å². The van der Waals surface area contributed by atoms with Crippen molar-refractivity contribution in [2.24, 2.45) is 10.4 Å². The van der Waals surface area contributed by atoms with Crippen molar-refractivity contribution in [1.29, 1.82) is 0 Å². The molecule has 0 unspecified atom stereocenters. The van der Waals surface area contributed by atoms with Crippen molar-refractivity contribution in [2.45, 2.75) is 20.8 Å². The molecule has 1 heterocycles. The van der Waals surface area contributed by atoms with Crippen LogP contribution in [0.4, 0.5) is 0 Å². The van der Waals surface area contributed by atoms with Gasteiger partial charge in [0.2, 0.25) is 0 Å². The monoisotopic (exact) mass is 164 g/mol. The quantitative estimate of drug-likeness (QED) is 0.630. The number of allylic oxidation sites excluding steroid dienone is 1. The molecule has 0 spiro atoms. The zero-order valence-corrected chi connectivity index (χ0v) is 8.02. The van der Waals surface area contributed by atoms with Crippen LogP contribution >= 0.6 is 0 Å². The summed E-state index contributed by atoms with van der Waals surface area (Å²) in [7, 11) is 0. The van der Waals surface area contributed by atoms with E-state index in [0.717, 1.165) is 12.2 Å². The normalized spacial score (nSPS) is 17.6. The second-order valence-corrected chi connectivity index (χ2v) is 3.96. The van der Waals surface area contributed by atoms with Crippen LogP contribution in [0.2, 0.25) is 0 Å². The Balaban J connectivity index is 2.97. The second-order valence-electron chi connectivity index (χ2n) is 3.96. The highest BCUT2D eigenvalue weighted by atomic mass is 15.0. The summed E-state index contributed by atoms with van der Waals surface area (Å²) in [6, 6.07) is 0. The van der Waals surface area contributed by atoms with Gasteiger partial charge < -0.3 is 5.32 Å². The molecule has 2 heteroatoms. The van der Waals surface area contributed by atoms with E-state index >= 15 is 0 Å². The molecule has 0 saturated carbocycles. The van der Waals surface area contributed by atoms with E-state index in [1.807, 2.05) is 6.08 Å². The molecule has 0 bridgehead atoms. The summed E-state index contributed by atoms with van der Waals surface area (Å²) in [5.41, 5.74) is 2.60. The van der Waals surface area contributed by atoms with Gasteiger partial charge in [-0.05, 0) is 17.1 Å². The van der Waals surface area contributed by atoms with E-state index in [1.54, 1.807) is 6.34 Å². The maximum Gasteiger partial charge on any atom is 0.0871 e. The van der Waals surface area contributed by atoms with Crippen LogP contribution in [0, 0.1) is 5.41 Å². The molecule has 12 heavy (non-hydrogen) atoms. The average molecular weight is 164 g/mol. The Bertz CT molecular complexity index is 241. The molecule has 66 valence electrons. The Hall–Kier alpha value is -1.05. The van der Waals surface area contributed by atoms with Gasteiger partial charge in [-0.15, -0.1) is 0 Å².